The summed E-state index contributed by atoms with van der Waals surface area (Å²) in [5, 5.41) is 13.2. The molecule has 0 fully saturated rings. The molecule has 3 aromatic rings. The van der Waals surface area contributed by atoms with Crippen molar-refractivity contribution in [3.8, 4) is 0 Å². The second kappa shape index (κ2) is 4.77. The fraction of sp³-hybridized carbons (Fsp3) is 0.158. The quantitative estimate of drug-likeness (QED) is 0.725. The molecule has 3 rings (SSSR count). The molecule has 0 bridgehead atoms. The van der Waals surface area contributed by atoms with E-state index < -0.39 is 5.60 Å². The molecule has 0 saturated carbocycles. The van der Waals surface area contributed by atoms with Crippen LogP contribution < -0.4 is 0 Å². The number of hydrogen-bond acceptors (Lipinski definition) is 1. The predicted octanol–water partition coefficient (Wildman–Crippen LogP) is 4.40. The number of hydrogen-bond donors (Lipinski definition) is 1. The first kappa shape index (κ1) is 12.9. The van der Waals surface area contributed by atoms with E-state index in [0.717, 1.165) is 16.5 Å². The van der Waals surface area contributed by atoms with E-state index in [-0.39, 0.29) is 0 Å². The minimum Gasteiger partial charge on any atom is -0.381 e. The zero-order valence-corrected chi connectivity index (χ0v) is 11.8. The number of aryl methyl sites for hydroxylation is 1. The predicted molar refractivity (Wildman–Crippen MR) is 83.8 cm³/mol. The second-order valence-corrected chi connectivity index (χ2v) is 5.50. The highest BCUT2D eigenvalue weighted by molar-refractivity contribution is 5.83. The summed E-state index contributed by atoms with van der Waals surface area (Å²) >= 11 is 0. The van der Waals surface area contributed by atoms with Gasteiger partial charge in [-0.15, -0.1) is 0 Å². The summed E-state index contributed by atoms with van der Waals surface area (Å²) in [6, 6.07) is 22.4. The van der Waals surface area contributed by atoms with Crippen molar-refractivity contribution in [3.05, 3.63) is 83.4 Å². The van der Waals surface area contributed by atoms with E-state index in [0.29, 0.717) is 0 Å². The Morgan fingerprint density at radius 1 is 0.750 bits per heavy atom. The molecule has 1 heteroatoms. The van der Waals surface area contributed by atoms with Gasteiger partial charge in [-0.05, 0) is 41.8 Å². The van der Waals surface area contributed by atoms with Crippen molar-refractivity contribution < 1.29 is 5.11 Å². The lowest BCUT2D eigenvalue weighted by atomic mass is 9.87. The molecule has 3 aromatic carbocycles. The van der Waals surface area contributed by atoms with Gasteiger partial charge >= 0.3 is 0 Å². The standard InChI is InChI=1S/C19H18O/c1-14-7-10-17(11-8-14)19(2,20)18-12-9-15-5-3-4-6-16(15)13-18/h3-13,20H,1-2H3/t19-/m0/s1. The molecule has 0 aliphatic heterocycles. The Bertz CT molecular complexity index is 739. The first-order valence-corrected chi connectivity index (χ1v) is 6.86. The summed E-state index contributed by atoms with van der Waals surface area (Å²) in [5.74, 6) is 0. The number of benzene rings is 3. The van der Waals surface area contributed by atoms with E-state index in [9.17, 15) is 5.11 Å². The fourth-order valence-corrected chi connectivity index (χ4v) is 2.54. The van der Waals surface area contributed by atoms with Crippen LogP contribution in [-0.4, -0.2) is 5.11 Å². The van der Waals surface area contributed by atoms with Crippen molar-refractivity contribution in [2.75, 3.05) is 0 Å². The van der Waals surface area contributed by atoms with E-state index in [1.165, 1.54) is 10.9 Å². The SMILES string of the molecule is Cc1ccc([C@](C)(O)c2ccc3ccccc3c2)cc1. The second-order valence-electron chi connectivity index (χ2n) is 5.50. The molecule has 20 heavy (non-hydrogen) atoms. The maximum atomic E-state index is 10.9. The zero-order chi connectivity index (χ0) is 14.2. The summed E-state index contributed by atoms with van der Waals surface area (Å²) in [6.45, 7) is 3.90. The number of aliphatic hydroxyl groups is 1. The normalized spacial score (nSPS) is 14.2. The molecule has 0 amide bonds. The maximum Gasteiger partial charge on any atom is 0.112 e. The first-order chi connectivity index (χ1) is 9.57. The highest BCUT2D eigenvalue weighted by Crippen LogP contribution is 2.31. The summed E-state index contributed by atoms with van der Waals surface area (Å²) < 4.78 is 0. The van der Waals surface area contributed by atoms with Crippen molar-refractivity contribution in [2.45, 2.75) is 19.4 Å². The van der Waals surface area contributed by atoms with Gasteiger partial charge in [0.05, 0.1) is 0 Å². The molecule has 0 aliphatic rings. The summed E-state index contributed by atoms with van der Waals surface area (Å²) in [6.07, 6.45) is 0. The maximum absolute atomic E-state index is 10.9. The van der Waals surface area contributed by atoms with Crippen LogP contribution in [-0.2, 0) is 5.60 Å². The van der Waals surface area contributed by atoms with Crippen LogP contribution in [0.5, 0.6) is 0 Å². The van der Waals surface area contributed by atoms with Gasteiger partial charge in [0.15, 0.2) is 0 Å². The molecule has 0 saturated heterocycles. The highest BCUT2D eigenvalue weighted by Gasteiger charge is 2.25. The van der Waals surface area contributed by atoms with Crippen LogP contribution in [0.2, 0.25) is 0 Å². The van der Waals surface area contributed by atoms with Crippen molar-refractivity contribution in [1.82, 2.24) is 0 Å². The summed E-state index contributed by atoms with van der Waals surface area (Å²) in [5.41, 5.74) is 2.05. The third-order valence-corrected chi connectivity index (χ3v) is 3.93. The van der Waals surface area contributed by atoms with Crippen molar-refractivity contribution in [2.24, 2.45) is 0 Å². The lowest BCUT2D eigenvalue weighted by molar-refractivity contribution is 0.102. The van der Waals surface area contributed by atoms with Crippen LogP contribution in [0.15, 0.2) is 66.7 Å². The lowest BCUT2D eigenvalue weighted by Crippen LogP contribution is -2.22. The van der Waals surface area contributed by atoms with Crippen molar-refractivity contribution in [1.29, 1.82) is 0 Å². The van der Waals surface area contributed by atoms with Crippen LogP contribution in [0.1, 0.15) is 23.6 Å². The molecule has 0 unspecified atom stereocenters. The molecular weight excluding hydrogens is 244 g/mol. The van der Waals surface area contributed by atoms with Crippen LogP contribution in [0.3, 0.4) is 0 Å². The Morgan fingerprint density at radius 2 is 1.35 bits per heavy atom. The monoisotopic (exact) mass is 262 g/mol. The van der Waals surface area contributed by atoms with Crippen LogP contribution >= 0.6 is 0 Å². The summed E-state index contributed by atoms with van der Waals surface area (Å²) in [7, 11) is 0. The fourth-order valence-electron chi connectivity index (χ4n) is 2.54. The van der Waals surface area contributed by atoms with Gasteiger partial charge in [0, 0.05) is 0 Å². The van der Waals surface area contributed by atoms with Crippen LogP contribution in [0.25, 0.3) is 10.8 Å². The third kappa shape index (κ3) is 2.21. The summed E-state index contributed by atoms with van der Waals surface area (Å²) in [4.78, 5) is 0. The van der Waals surface area contributed by atoms with E-state index in [2.05, 4.69) is 31.2 Å². The van der Waals surface area contributed by atoms with Gasteiger partial charge in [0.25, 0.3) is 0 Å². The van der Waals surface area contributed by atoms with Crippen molar-refractivity contribution >= 4 is 10.8 Å². The van der Waals surface area contributed by atoms with Gasteiger partial charge in [-0.2, -0.15) is 0 Å². The van der Waals surface area contributed by atoms with Gasteiger partial charge in [-0.1, -0.05) is 66.2 Å². The van der Waals surface area contributed by atoms with Crippen molar-refractivity contribution in [3.63, 3.8) is 0 Å². The van der Waals surface area contributed by atoms with E-state index in [4.69, 9.17) is 0 Å². The molecule has 0 aliphatic carbocycles. The lowest BCUT2D eigenvalue weighted by Gasteiger charge is -2.25. The number of fused-ring (bicyclic) bond motifs is 1. The van der Waals surface area contributed by atoms with Gasteiger partial charge in [-0.25, -0.2) is 0 Å². The Hall–Kier alpha value is -2.12. The van der Waals surface area contributed by atoms with Gasteiger partial charge in [0.1, 0.15) is 5.60 Å². The average Bonchev–Trinajstić information content (AvgIpc) is 2.47. The largest absolute Gasteiger partial charge is 0.381 e. The molecule has 0 heterocycles. The van der Waals surface area contributed by atoms with E-state index in [1.807, 2.05) is 49.4 Å². The molecule has 100 valence electrons. The number of rotatable bonds is 2. The minimum absolute atomic E-state index is 0.915. The molecule has 0 spiro atoms. The smallest absolute Gasteiger partial charge is 0.112 e. The molecular formula is C19H18O. The Balaban J connectivity index is 2.10. The Labute approximate surface area is 119 Å². The van der Waals surface area contributed by atoms with Crippen LogP contribution in [0, 0.1) is 6.92 Å². The first-order valence-electron chi connectivity index (χ1n) is 6.86. The van der Waals surface area contributed by atoms with Gasteiger partial charge in [0.2, 0.25) is 0 Å². The Morgan fingerprint density at radius 3 is 2.05 bits per heavy atom. The van der Waals surface area contributed by atoms with E-state index in [1.54, 1.807) is 0 Å². The van der Waals surface area contributed by atoms with Crippen LogP contribution in [0.4, 0.5) is 0 Å². The molecule has 1 nitrogen and oxygen atoms in total. The topological polar surface area (TPSA) is 20.2 Å². The average molecular weight is 262 g/mol. The minimum atomic E-state index is -0.974. The Kier molecular flexibility index (Phi) is 3.07. The highest BCUT2D eigenvalue weighted by atomic mass is 16.3. The van der Waals surface area contributed by atoms with Gasteiger partial charge in [-0.3, -0.25) is 0 Å². The van der Waals surface area contributed by atoms with E-state index >= 15 is 0 Å². The molecule has 1 N–H and O–H groups in total. The third-order valence-electron chi connectivity index (χ3n) is 3.93. The molecule has 0 radical (unpaired) electrons. The molecule has 1 atom stereocenters. The van der Waals surface area contributed by atoms with Gasteiger partial charge < -0.3 is 5.11 Å². The molecule has 0 aromatic heterocycles. The zero-order valence-electron chi connectivity index (χ0n) is 11.8.